The predicted octanol–water partition coefficient (Wildman–Crippen LogP) is -1.50. The molecule has 1 aliphatic heterocycles. The minimum Gasteiger partial charge on any atom is -0.394 e. The number of hydrogen-bond acceptors (Lipinski definition) is 5. The Kier molecular flexibility index (Phi) is 3.38. The van der Waals surface area contributed by atoms with Gasteiger partial charge in [0.25, 0.3) is 5.56 Å². The van der Waals surface area contributed by atoms with Crippen molar-refractivity contribution in [1.29, 1.82) is 0 Å². The van der Waals surface area contributed by atoms with E-state index in [1.54, 1.807) is 6.92 Å². The lowest BCUT2D eigenvalue weighted by Gasteiger charge is -2.16. The molecule has 3 atom stereocenters. The van der Waals surface area contributed by atoms with Crippen LogP contribution in [0.1, 0.15) is 18.2 Å². The molecule has 0 amide bonds. The van der Waals surface area contributed by atoms with E-state index in [0.29, 0.717) is 5.56 Å². The van der Waals surface area contributed by atoms with Gasteiger partial charge < -0.3 is 14.9 Å². The number of ether oxygens (including phenoxy) is 1. The lowest BCUT2D eigenvalue weighted by Crippen LogP contribution is -2.40. The molecule has 0 spiro atoms. The van der Waals surface area contributed by atoms with Gasteiger partial charge in [0.15, 0.2) is 0 Å². The second-order valence-corrected chi connectivity index (χ2v) is 4.48. The lowest BCUT2D eigenvalue weighted by atomic mass is 10.2. The van der Waals surface area contributed by atoms with Crippen molar-refractivity contribution in [3.63, 3.8) is 0 Å². The average Bonchev–Trinajstić information content (AvgIpc) is 2.72. The SMILES string of the molecule is Cc1cn([C@@H]2C[C@H](O)[C@H](CO)O2)c(=O)n(C)c1=O. The Labute approximate surface area is 103 Å². The largest absolute Gasteiger partial charge is 0.394 e. The topological polar surface area (TPSA) is 93.7 Å². The molecule has 1 aromatic heterocycles. The Balaban J connectivity index is 2.42. The van der Waals surface area contributed by atoms with Crippen LogP contribution in [0.3, 0.4) is 0 Å². The second kappa shape index (κ2) is 4.68. The van der Waals surface area contributed by atoms with E-state index in [1.807, 2.05) is 0 Å². The highest BCUT2D eigenvalue weighted by Gasteiger charge is 2.35. The Bertz CT molecular complexity index is 562. The molecule has 0 aromatic carbocycles. The number of nitrogens with zero attached hydrogens (tertiary/aromatic N) is 2. The van der Waals surface area contributed by atoms with Gasteiger partial charge in [-0.05, 0) is 6.92 Å². The molecule has 100 valence electrons. The molecular formula is C11H16N2O5. The number of aromatic nitrogens is 2. The Morgan fingerprint density at radius 1 is 1.50 bits per heavy atom. The van der Waals surface area contributed by atoms with Gasteiger partial charge in [-0.3, -0.25) is 13.9 Å². The summed E-state index contributed by atoms with van der Waals surface area (Å²) in [6, 6.07) is 0. The van der Waals surface area contributed by atoms with Crippen molar-refractivity contribution >= 4 is 0 Å². The Hall–Kier alpha value is -1.44. The summed E-state index contributed by atoms with van der Waals surface area (Å²) in [5.74, 6) is 0. The van der Waals surface area contributed by atoms with Crippen molar-refractivity contribution in [2.75, 3.05) is 6.61 Å². The number of hydrogen-bond donors (Lipinski definition) is 2. The van der Waals surface area contributed by atoms with Crippen molar-refractivity contribution in [1.82, 2.24) is 9.13 Å². The van der Waals surface area contributed by atoms with E-state index in [1.165, 1.54) is 17.8 Å². The van der Waals surface area contributed by atoms with Gasteiger partial charge in [-0.2, -0.15) is 0 Å². The van der Waals surface area contributed by atoms with Crippen molar-refractivity contribution in [2.24, 2.45) is 7.05 Å². The van der Waals surface area contributed by atoms with E-state index in [-0.39, 0.29) is 18.6 Å². The number of aryl methyl sites for hydroxylation is 1. The Morgan fingerprint density at radius 2 is 2.17 bits per heavy atom. The van der Waals surface area contributed by atoms with Crippen LogP contribution in [-0.4, -0.2) is 38.2 Å². The van der Waals surface area contributed by atoms with Crippen LogP contribution >= 0.6 is 0 Å². The smallest absolute Gasteiger partial charge is 0.332 e. The molecule has 0 bridgehead atoms. The molecule has 1 aliphatic rings. The quantitative estimate of drug-likeness (QED) is 0.671. The van der Waals surface area contributed by atoms with Gasteiger partial charge in [-0.25, -0.2) is 4.79 Å². The minimum atomic E-state index is -0.815. The summed E-state index contributed by atoms with van der Waals surface area (Å²) in [6.45, 7) is 1.30. The Morgan fingerprint density at radius 3 is 2.72 bits per heavy atom. The molecule has 18 heavy (non-hydrogen) atoms. The van der Waals surface area contributed by atoms with Crippen molar-refractivity contribution in [3.05, 3.63) is 32.6 Å². The van der Waals surface area contributed by atoms with Crippen LogP contribution in [0.2, 0.25) is 0 Å². The standard InChI is InChI=1S/C11H16N2O5/c1-6-4-13(11(17)12(2)10(6)16)9-3-7(15)8(5-14)18-9/h4,7-9,14-15H,3,5H2,1-2H3/t7-,8-,9-/m0/s1. The second-order valence-electron chi connectivity index (χ2n) is 4.48. The first kappa shape index (κ1) is 13.0. The number of aliphatic hydroxyl groups excluding tert-OH is 2. The third kappa shape index (κ3) is 2.00. The molecule has 0 unspecified atom stereocenters. The summed E-state index contributed by atoms with van der Waals surface area (Å²) in [5.41, 5.74) is -0.433. The van der Waals surface area contributed by atoms with Crippen molar-refractivity contribution in [2.45, 2.75) is 31.8 Å². The third-order valence-corrected chi connectivity index (χ3v) is 3.18. The van der Waals surface area contributed by atoms with Gasteiger partial charge >= 0.3 is 5.69 Å². The summed E-state index contributed by atoms with van der Waals surface area (Å²) in [5, 5.41) is 18.6. The molecule has 1 fully saturated rings. The summed E-state index contributed by atoms with van der Waals surface area (Å²) in [6.07, 6.45) is -0.538. The van der Waals surface area contributed by atoms with Crippen LogP contribution in [0.5, 0.6) is 0 Å². The summed E-state index contributed by atoms with van der Waals surface area (Å²) in [7, 11) is 1.39. The normalized spacial score (nSPS) is 27.7. The van der Waals surface area contributed by atoms with Gasteiger partial charge in [-0.1, -0.05) is 0 Å². The van der Waals surface area contributed by atoms with Crippen LogP contribution < -0.4 is 11.2 Å². The molecule has 1 saturated heterocycles. The molecular weight excluding hydrogens is 240 g/mol. The van der Waals surface area contributed by atoms with Gasteiger partial charge in [0, 0.05) is 25.2 Å². The lowest BCUT2D eigenvalue weighted by molar-refractivity contribution is -0.0463. The fourth-order valence-electron chi connectivity index (χ4n) is 2.10. The summed E-state index contributed by atoms with van der Waals surface area (Å²) in [4.78, 5) is 23.5. The first-order chi connectivity index (χ1) is 8.45. The monoisotopic (exact) mass is 256 g/mol. The zero-order valence-corrected chi connectivity index (χ0v) is 10.2. The molecule has 2 rings (SSSR count). The van der Waals surface area contributed by atoms with Crippen LogP contribution in [0, 0.1) is 6.92 Å². The maximum absolute atomic E-state index is 11.9. The van der Waals surface area contributed by atoms with Crippen molar-refractivity contribution in [3.8, 4) is 0 Å². The first-order valence-corrected chi connectivity index (χ1v) is 5.69. The van der Waals surface area contributed by atoms with Gasteiger partial charge in [0.1, 0.15) is 12.3 Å². The number of aliphatic hydroxyl groups is 2. The molecule has 2 heterocycles. The van der Waals surface area contributed by atoms with E-state index in [9.17, 15) is 14.7 Å². The van der Waals surface area contributed by atoms with E-state index in [0.717, 1.165) is 4.57 Å². The highest BCUT2D eigenvalue weighted by atomic mass is 16.5. The summed E-state index contributed by atoms with van der Waals surface area (Å²) < 4.78 is 7.66. The van der Waals surface area contributed by atoms with E-state index >= 15 is 0 Å². The third-order valence-electron chi connectivity index (χ3n) is 3.18. The first-order valence-electron chi connectivity index (χ1n) is 5.69. The van der Waals surface area contributed by atoms with Crippen LogP contribution in [-0.2, 0) is 11.8 Å². The number of rotatable bonds is 2. The maximum atomic E-state index is 11.9. The summed E-state index contributed by atoms with van der Waals surface area (Å²) >= 11 is 0. The zero-order chi connectivity index (χ0) is 13.4. The van der Waals surface area contributed by atoms with Gasteiger partial charge in [0.2, 0.25) is 0 Å². The molecule has 7 nitrogen and oxygen atoms in total. The molecule has 0 saturated carbocycles. The van der Waals surface area contributed by atoms with Crippen LogP contribution in [0.4, 0.5) is 0 Å². The molecule has 1 aromatic rings. The van der Waals surface area contributed by atoms with E-state index in [2.05, 4.69) is 0 Å². The van der Waals surface area contributed by atoms with Crippen LogP contribution in [0.25, 0.3) is 0 Å². The minimum absolute atomic E-state index is 0.211. The van der Waals surface area contributed by atoms with Crippen LogP contribution in [0.15, 0.2) is 15.8 Å². The fraction of sp³-hybridized carbons (Fsp3) is 0.636. The fourth-order valence-corrected chi connectivity index (χ4v) is 2.10. The van der Waals surface area contributed by atoms with E-state index in [4.69, 9.17) is 9.84 Å². The van der Waals surface area contributed by atoms with Crippen molar-refractivity contribution < 1.29 is 14.9 Å². The highest BCUT2D eigenvalue weighted by molar-refractivity contribution is 5.03. The maximum Gasteiger partial charge on any atom is 0.332 e. The highest BCUT2D eigenvalue weighted by Crippen LogP contribution is 2.27. The molecule has 0 radical (unpaired) electrons. The van der Waals surface area contributed by atoms with Gasteiger partial charge in [0.05, 0.1) is 12.7 Å². The van der Waals surface area contributed by atoms with Gasteiger partial charge in [-0.15, -0.1) is 0 Å². The molecule has 7 heteroatoms. The predicted molar refractivity (Wildman–Crippen MR) is 62.3 cm³/mol. The zero-order valence-electron chi connectivity index (χ0n) is 10.2. The molecule has 2 N–H and O–H groups in total. The average molecular weight is 256 g/mol. The van der Waals surface area contributed by atoms with E-state index < -0.39 is 24.1 Å². The molecule has 0 aliphatic carbocycles.